The highest BCUT2D eigenvalue weighted by Gasteiger charge is 2.45. The number of aromatic nitrogens is 1. The van der Waals surface area contributed by atoms with Crippen LogP contribution in [-0.2, 0) is 17.8 Å². The van der Waals surface area contributed by atoms with E-state index in [-0.39, 0.29) is 11.4 Å². The molecule has 2 saturated heterocycles. The van der Waals surface area contributed by atoms with Crippen LogP contribution in [0.2, 0.25) is 0 Å². The van der Waals surface area contributed by atoms with Crippen LogP contribution in [0.5, 0.6) is 0 Å². The Morgan fingerprint density at radius 2 is 1.93 bits per heavy atom. The third-order valence-electron chi connectivity index (χ3n) is 6.74. The van der Waals surface area contributed by atoms with Crippen LogP contribution in [0, 0.1) is 13.8 Å². The Balaban J connectivity index is 1.43. The van der Waals surface area contributed by atoms with Gasteiger partial charge in [0.25, 0.3) is 0 Å². The first-order chi connectivity index (χ1) is 13.6. The molecule has 0 saturated carbocycles. The molecule has 2 aliphatic rings. The third-order valence-corrected chi connectivity index (χ3v) is 6.74. The maximum Gasteiger partial charge on any atom is 0.223 e. The highest BCUT2D eigenvalue weighted by molar-refractivity contribution is 5.79. The van der Waals surface area contributed by atoms with Crippen molar-refractivity contribution in [3.8, 4) is 0 Å². The molecule has 1 aromatic carbocycles. The van der Waals surface area contributed by atoms with E-state index < -0.39 is 0 Å². The Morgan fingerprint density at radius 1 is 1.11 bits per heavy atom. The minimum Gasteiger partial charge on any atom is -0.361 e. The van der Waals surface area contributed by atoms with Gasteiger partial charge in [-0.2, -0.15) is 0 Å². The predicted molar refractivity (Wildman–Crippen MR) is 109 cm³/mol. The van der Waals surface area contributed by atoms with Crippen LogP contribution >= 0.6 is 0 Å². The summed E-state index contributed by atoms with van der Waals surface area (Å²) in [5.41, 5.74) is 3.40. The van der Waals surface area contributed by atoms with Crippen molar-refractivity contribution in [2.24, 2.45) is 0 Å². The van der Waals surface area contributed by atoms with Crippen LogP contribution in [0.4, 0.5) is 0 Å². The van der Waals surface area contributed by atoms with Gasteiger partial charge in [0, 0.05) is 30.6 Å². The van der Waals surface area contributed by atoms with Gasteiger partial charge in [-0.25, -0.2) is 0 Å². The van der Waals surface area contributed by atoms with Gasteiger partial charge in [0.15, 0.2) is 0 Å². The maximum absolute atomic E-state index is 12.8. The molecule has 0 N–H and O–H groups in total. The Kier molecular flexibility index (Phi) is 5.54. The van der Waals surface area contributed by atoms with Crippen molar-refractivity contribution in [1.29, 1.82) is 0 Å². The molecule has 150 valence electrons. The molecule has 1 amide bonds. The van der Waals surface area contributed by atoms with E-state index in [1.165, 1.54) is 5.56 Å². The lowest BCUT2D eigenvalue weighted by molar-refractivity contribution is -0.132. The molecule has 1 aromatic heterocycles. The van der Waals surface area contributed by atoms with Gasteiger partial charge in [-0.3, -0.25) is 4.79 Å². The summed E-state index contributed by atoms with van der Waals surface area (Å²) in [6, 6.07) is 10.7. The first kappa shape index (κ1) is 19.2. The van der Waals surface area contributed by atoms with E-state index in [0.717, 1.165) is 68.8 Å². The molecule has 5 nitrogen and oxygen atoms in total. The second kappa shape index (κ2) is 8.08. The number of nitrogens with zero attached hydrogens (tertiary/aromatic N) is 3. The van der Waals surface area contributed by atoms with Crippen LogP contribution in [0.15, 0.2) is 34.9 Å². The van der Waals surface area contributed by atoms with Crippen LogP contribution < -0.4 is 0 Å². The highest BCUT2D eigenvalue weighted by Crippen LogP contribution is 2.40. The topological polar surface area (TPSA) is 49.6 Å². The average Bonchev–Trinajstić information content (AvgIpc) is 3.09. The van der Waals surface area contributed by atoms with Gasteiger partial charge in [0.05, 0.1) is 12.2 Å². The predicted octanol–water partition coefficient (Wildman–Crippen LogP) is 3.88. The van der Waals surface area contributed by atoms with Gasteiger partial charge in [-0.1, -0.05) is 35.5 Å². The molecule has 1 unspecified atom stereocenters. The van der Waals surface area contributed by atoms with Gasteiger partial charge in [0.1, 0.15) is 5.76 Å². The summed E-state index contributed by atoms with van der Waals surface area (Å²) in [6.07, 6.45) is 6.08. The number of hydrogen-bond donors (Lipinski definition) is 0. The number of rotatable bonds is 5. The molecule has 2 aliphatic heterocycles. The standard InChI is InChI=1S/C23H31N3O2/c1-18-21(19(2)28-24-18)17-26-22(27)9-12-23(26)11-6-14-25(16-13-23)15-10-20-7-4-3-5-8-20/h3-5,7-8H,6,9-17H2,1-2H3. The zero-order valence-corrected chi connectivity index (χ0v) is 17.1. The lowest BCUT2D eigenvalue weighted by atomic mass is 9.87. The lowest BCUT2D eigenvalue weighted by Crippen LogP contribution is -2.46. The van der Waals surface area contributed by atoms with E-state index >= 15 is 0 Å². The number of likely N-dealkylation sites (tertiary alicyclic amines) is 2. The normalized spacial score (nSPS) is 23.5. The van der Waals surface area contributed by atoms with Crippen molar-refractivity contribution in [3.63, 3.8) is 0 Å². The molecule has 3 heterocycles. The summed E-state index contributed by atoms with van der Waals surface area (Å²) in [5.74, 6) is 1.13. The SMILES string of the molecule is Cc1noc(C)c1CN1C(=O)CCC12CCCN(CCc1ccccc1)CC2. The van der Waals surface area contributed by atoms with Crippen molar-refractivity contribution in [3.05, 3.63) is 52.9 Å². The highest BCUT2D eigenvalue weighted by atomic mass is 16.5. The fraction of sp³-hybridized carbons (Fsp3) is 0.565. The van der Waals surface area contributed by atoms with Crippen molar-refractivity contribution < 1.29 is 9.32 Å². The number of amides is 1. The van der Waals surface area contributed by atoms with Gasteiger partial charge >= 0.3 is 0 Å². The quantitative estimate of drug-likeness (QED) is 0.789. The van der Waals surface area contributed by atoms with Crippen LogP contribution in [0.3, 0.4) is 0 Å². The fourth-order valence-electron chi connectivity index (χ4n) is 4.93. The molecule has 5 heteroatoms. The minimum atomic E-state index is 0.00866. The molecule has 28 heavy (non-hydrogen) atoms. The molecular weight excluding hydrogens is 350 g/mol. The van der Waals surface area contributed by atoms with Crippen molar-refractivity contribution in [2.75, 3.05) is 19.6 Å². The molecule has 2 fully saturated rings. The van der Waals surface area contributed by atoms with Gasteiger partial charge in [0.2, 0.25) is 5.91 Å². The Morgan fingerprint density at radius 3 is 2.68 bits per heavy atom. The summed E-state index contributed by atoms with van der Waals surface area (Å²) in [5, 5.41) is 4.08. The van der Waals surface area contributed by atoms with Crippen molar-refractivity contribution in [2.45, 2.75) is 64.5 Å². The minimum absolute atomic E-state index is 0.00866. The zero-order chi connectivity index (χ0) is 19.6. The number of carbonyl (C=O) groups excluding carboxylic acids is 1. The molecule has 0 bridgehead atoms. The zero-order valence-electron chi connectivity index (χ0n) is 17.1. The van der Waals surface area contributed by atoms with Gasteiger partial charge in [-0.15, -0.1) is 0 Å². The van der Waals surface area contributed by atoms with E-state index in [9.17, 15) is 4.79 Å². The Bertz CT molecular complexity index is 797. The van der Waals surface area contributed by atoms with Crippen LogP contribution in [0.25, 0.3) is 0 Å². The second-order valence-corrected chi connectivity index (χ2v) is 8.44. The number of benzene rings is 1. The van der Waals surface area contributed by atoms with E-state index in [2.05, 4.69) is 45.3 Å². The van der Waals surface area contributed by atoms with E-state index in [1.807, 2.05) is 13.8 Å². The van der Waals surface area contributed by atoms with Crippen molar-refractivity contribution >= 4 is 5.91 Å². The largest absolute Gasteiger partial charge is 0.361 e. The molecule has 4 rings (SSSR count). The Hall–Kier alpha value is -2.14. The molecule has 2 aromatic rings. The van der Waals surface area contributed by atoms with E-state index in [0.29, 0.717) is 13.0 Å². The fourth-order valence-corrected chi connectivity index (χ4v) is 4.93. The Labute approximate surface area is 167 Å². The number of carbonyl (C=O) groups is 1. The summed E-state index contributed by atoms with van der Waals surface area (Å²) >= 11 is 0. The van der Waals surface area contributed by atoms with Crippen molar-refractivity contribution in [1.82, 2.24) is 15.0 Å². The average molecular weight is 382 g/mol. The van der Waals surface area contributed by atoms with E-state index in [1.54, 1.807) is 0 Å². The first-order valence-electron chi connectivity index (χ1n) is 10.6. The summed E-state index contributed by atoms with van der Waals surface area (Å²) in [4.78, 5) is 17.5. The molecule has 1 spiro atoms. The monoisotopic (exact) mass is 381 g/mol. The lowest BCUT2D eigenvalue weighted by Gasteiger charge is -2.38. The molecule has 0 radical (unpaired) electrons. The summed E-state index contributed by atoms with van der Waals surface area (Å²) in [7, 11) is 0. The van der Waals surface area contributed by atoms with Gasteiger partial charge in [-0.05, 0) is 58.1 Å². The number of aryl methyl sites for hydroxylation is 2. The summed E-state index contributed by atoms with van der Waals surface area (Å²) < 4.78 is 5.34. The van der Waals surface area contributed by atoms with Crippen LogP contribution in [0.1, 0.15) is 54.7 Å². The van der Waals surface area contributed by atoms with E-state index in [4.69, 9.17) is 4.52 Å². The summed E-state index contributed by atoms with van der Waals surface area (Å²) in [6.45, 7) is 7.85. The second-order valence-electron chi connectivity index (χ2n) is 8.44. The van der Waals surface area contributed by atoms with Crippen LogP contribution in [-0.4, -0.2) is 46.0 Å². The smallest absolute Gasteiger partial charge is 0.223 e. The molecular formula is C23H31N3O2. The number of hydrogen-bond acceptors (Lipinski definition) is 4. The first-order valence-corrected chi connectivity index (χ1v) is 10.6. The maximum atomic E-state index is 12.8. The van der Waals surface area contributed by atoms with Gasteiger partial charge < -0.3 is 14.3 Å². The third kappa shape index (κ3) is 3.86. The molecule has 1 atom stereocenters. The molecule has 0 aliphatic carbocycles.